The van der Waals surface area contributed by atoms with E-state index in [1.807, 2.05) is 37.9 Å². The Morgan fingerprint density at radius 3 is 2.47 bits per heavy atom. The Labute approximate surface area is 115 Å². The summed E-state index contributed by atoms with van der Waals surface area (Å²) in [6.07, 6.45) is 10.5. The van der Waals surface area contributed by atoms with Gasteiger partial charge in [0.15, 0.2) is 0 Å². The van der Waals surface area contributed by atoms with Crippen molar-refractivity contribution in [3.05, 3.63) is 22.9 Å². The van der Waals surface area contributed by atoms with Crippen molar-refractivity contribution >= 4 is 0 Å². The molecule has 1 atom stereocenters. The summed E-state index contributed by atoms with van der Waals surface area (Å²) in [5.41, 5.74) is 0.117. The molecule has 1 aromatic heterocycles. The molecule has 4 nitrogen and oxygen atoms in total. The van der Waals surface area contributed by atoms with Gasteiger partial charge in [0, 0.05) is 31.0 Å². The van der Waals surface area contributed by atoms with Gasteiger partial charge >= 0.3 is 5.69 Å². The summed E-state index contributed by atoms with van der Waals surface area (Å²) in [6, 6.07) is 0.650. The van der Waals surface area contributed by atoms with Crippen molar-refractivity contribution in [1.82, 2.24) is 14.5 Å². The monoisotopic (exact) mass is 265 g/mol. The molecule has 1 aliphatic carbocycles. The third-order valence-electron chi connectivity index (χ3n) is 4.41. The molecule has 1 unspecified atom stereocenters. The summed E-state index contributed by atoms with van der Waals surface area (Å²) in [5.74, 6) is 0.716. The van der Waals surface area contributed by atoms with Gasteiger partial charge in [-0.25, -0.2) is 4.79 Å². The van der Waals surface area contributed by atoms with E-state index in [2.05, 4.69) is 5.32 Å². The first-order valence-corrected chi connectivity index (χ1v) is 7.58. The van der Waals surface area contributed by atoms with Crippen molar-refractivity contribution < 1.29 is 0 Å². The molecule has 1 aromatic rings. The van der Waals surface area contributed by atoms with Gasteiger partial charge in [0.05, 0.1) is 0 Å². The van der Waals surface area contributed by atoms with Crippen molar-refractivity contribution in [3.8, 4) is 0 Å². The van der Waals surface area contributed by atoms with Gasteiger partial charge in [0.25, 0.3) is 0 Å². The fraction of sp³-hybridized carbons (Fsp3) is 0.800. The molecule has 108 valence electrons. The van der Waals surface area contributed by atoms with Crippen molar-refractivity contribution in [2.75, 3.05) is 7.05 Å². The number of likely N-dealkylation sites (N-methyl/N-ethyl adjacent to an activating group) is 1. The first-order chi connectivity index (χ1) is 9.13. The van der Waals surface area contributed by atoms with Crippen LogP contribution in [-0.4, -0.2) is 22.2 Å². The van der Waals surface area contributed by atoms with Crippen LogP contribution in [0.5, 0.6) is 0 Å². The molecule has 1 aliphatic rings. The number of nitrogens with one attached hydrogen (secondary N) is 1. The molecule has 1 fully saturated rings. The average Bonchev–Trinajstić information content (AvgIpc) is 2.78. The highest BCUT2D eigenvalue weighted by atomic mass is 16.1. The Balaban J connectivity index is 2.07. The summed E-state index contributed by atoms with van der Waals surface area (Å²) in [5, 5.41) is 3.42. The first kappa shape index (κ1) is 14.4. The Kier molecular flexibility index (Phi) is 4.86. The van der Waals surface area contributed by atoms with E-state index < -0.39 is 0 Å². The second-order valence-corrected chi connectivity index (χ2v) is 6.03. The zero-order valence-electron chi connectivity index (χ0n) is 12.4. The minimum absolute atomic E-state index is 0.117. The van der Waals surface area contributed by atoms with Gasteiger partial charge in [0.1, 0.15) is 0 Å². The summed E-state index contributed by atoms with van der Waals surface area (Å²) < 4.78 is 3.66. The van der Waals surface area contributed by atoms with Crippen LogP contribution in [0.15, 0.2) is 17.2 Å². The molecule has 1 N–H and O–H groups in total. The molecule has 1 saturated carbocycles. The van der Waals surface area contributed by atoms with Crippen molar-refractivity contribution in [1.29, 1.82) is 0 Å². The first-order valence-electron chi connectivity index (χ1n) is 7.58. The second-order valence-electron chi connectivity index (χ2n) is 6.03. The number of aromatic nitrogens is 2. The van der Waals surface area contributed by atoms with Crippen LogP contribution in [0, 0.1) is 5.92 Å². The maximum Gasteiger partial charge on any atom is 0.328 e. The molecular weight excluding hydrogens is 238 g/mol. The maximum atomic E-state index is 12.2. The molecule has 0 amide bonds. The molecule has 19 heavy (non-hydrogen) atoms. The van der Waals surface area contributed by atoms with E-state index in [9.17, 15) is 4.79 Å². The van der Waals surface area contributed by atoms with Crippen LogP contribution in [0.3, 0.4) is 0 Å². The van der Waals surface area contributed by atoms with Crippen LogP contribution >= 0.6 is 0 Å². The largest absolute Gasteiger partial charge is 0.328 e. The highest BCUT2D eigenvalue weighted by molar-refractivity contribution is 4.87. The number of hydrogen-bond donors (Lipinski definition) is 1. The summed E-state index contributed by atoms with van der Waals surface area (Å²) in [6.45, 7) is 4.88. The standard InChI is InChI=1S/C15H27N3O/c1-12(2)18-10-9-17(15(18)19)11-14(16-3)13-7-5-4-6-8-13/h9-10,12-14,16H,4-8,11H2,1-3H3. The number of nitrogens with zero attached hydrogens (tertiary/aromatic N) is 2. The third-order valence-corrected chi connectivity index (χ3v) is 4.41. The second kappa shape index (κ2) is 6.42. The molecule has 0 radical (unpaired) electrons. The van der Waals surface area contributed by atoms with Crippen molar-refractivity contribution in [2.45, 2.75) is 64.6 Å². The smallest absolute Gasteiger partial charge is 0.315 e. The van der Waals surface area contributed by atoms with E-state index in [4.69, 9.17) is 0 Å². The van der Waals surface area contributed by atoms with E-state index in [1.165, 1.54) is 32.1 Å². The maximum absolute atomic E-state index is 12.2. The fourth-order valence-electron chi connectivity index (χ4n) is 3.18. The van der Waals surface area contributed by atoms with Gasteiger partial charge in [-0.2, -0.15) is 0 Å². The number of imidazole rings is 1. The lowest BCUT2D eigenvalue weighted by Gasteiger charge is -2.30. The minimum atomic E-state index is 0.117. The molecule has 0 saturated heterocycles. The normalized spacial score (nSPS) is 18.9. The van der Waals surface area contributed by atoms with E-state index in [-0.39, 0.29) is 11.7 Å². The highest BCUT2D eigenvalue weighted by Crippen LogP contribution is 2.26. The molecule has 2 rings (SSSR count). The fourth-order valence-corrected chi connectivity index (χ4v) is 3.18. The molecule has 0 aliphatic heterocycles. The van der Waals surface area contributed by atoms with Crippen LogP contribution in [0.25, 0.3) is 0 Å². The number of hydrogen-bond acceptors (Lipinski definition) is 2. The quantitative estimate of drug-likeness (QED) is 0.888. The predicted octanol–water partition coefficient (Wildman–Crippen LogP) is 2.40. The summed E-state index contributed by atoms with van der Waals surface area (Å²) in [4.78, 5) is 12.2. The summed E-state index contributed by atoms with van der Waals surface area (Å²) in [7, 11) is 2.02. The van der Waals surface area contributed by atoms with Crippen LogP contribution in [0.4, 0.5) is 0 Å². The predicted molar refractivity (Wildman–Crippen MR) is 78.5 cm³/mol. The lowest BCUT2D eigenvalue weighted by atomic mass is 9.84. The van der Waals surface area contributed by atoms with Crippen LogP contribution in [0.2, 0.25) is 0 Å². The highest BCUT2D eigenvalue weighted by Gasteiger charge is 2.23. The summed E-state index contributed by atoms with van der Waals surface area (Å²) >= 11 is 0. The van der Waals surface area contributed by atoms with Gasteiger partial charge in [-0.15, -0.1) is 0 Å². The van der Waals surface area contributed by atoms with Gasteiger partial charge in [-0.05, 0) is 39.7 Å². The van der Waals surface area contributed by atoms with Gasteiger partial charge in [0.2, 0.25) is 0 Å². The van der Waals surface area contributed by atoms with Gasteiger partial charge in [-0.3, -0.25) is 9.13 Å². The zero-order chi connectivity index (χ0) is 13.8. The lowest BCUT2D eigenvalue weighted by Crippen LogP contribution is -2.41. The topological polar surface area (TPSA) is 39.0 Å². The molecule has 0 spiro atoms. The molecule has 0 bridgehead atoms. The Hall–Kier alpha value is -1.03. The Morgan fingerprint density at radius 1 is 1.26 bits per heavy atom. The number of rotatable bonds is 5. The Morgan fingerprint density at radius 2 is 1.95 bits per heavy atom. The van der Waals surface area contributed by atoms with Crippen molar-refractivity contribution in [2.24, 2.45) is 5.92 Å². The van der Waals surface area contributed by atoms with E-state index in [0.717, 1.165) is 6.54 Å². The lowest BCUT2D eigenvalue weighted by molar-refractivity contribution is 0.255. The van der Waals surface area contributed by atoms with Crippen LogP contribution in [-0.2, 0) is 6.54 Å². The average molecular weight is 265 g/mol. The molecular formula is C15H27N3O. The Bertz CT molecular complexity index is 440. The minimum Gasteiger partial charge on any atom is -0.315 e. The molecule has 0 aromatic carbocycles. The van der Waals surface area contributed by atoms with Gasteiger partial charge in [-0.1, -0.05) is 19.3 Å². The SMILES string of the molecule is CNC(Cn1ccn(C(C)C)c1=O)C1CCCCC1. The van der Waals surface area contributed by atoms with Crippen LogP contribution < -0.4 is 11.0 Å². The molecule has 4 heteroatoms. The van der Waals surface area contributed by atoms with Crippen molar-refractivity contribution in [3.63, 3.8) is 0 Å². The van der Waals surface area contributed by atoms with E-state index >= 15 is 0 Å². The van der Waals surface area contributed by atoms with E-state index in [0.29, 0.717) is 12.0 Å². The van der Waals surface area contributed by atoms with Gasteiger partial charge < -0.3 is 5.32 Å². The van der Waals surface area contributed by atoms with Crippen LogP contribution in [0.1, 0.15) is 52.0 Å². The molecule has 1 heterocycles. The third kappa shape index (κ3) is 3.30. The van der Waals surface area contributed by atoms with E-state index in [1.54, 1.807) is 4.57 Å². The zero-order valence-corrected chi connectivity index (χ0v) is 12.4.